The average molecular weight is 370 g/mol. The Morgan fingerprint density at radius 3 is 2.62 bits per heavy atom. The van der Waals surface area contributed by atoms with Crippen LogP contribution in [-0.4, -0.2) is 5.91 Å². The van der Waals surface area contributed by atoms with Gasteiger partial charge in [-0.1, -0.05) is 6.42 Å². The van der Waals surface area contributed by atoms with Crippen molar-refractivity contribution in [2.75, 3.05) is 0 Å². The molecule has 0 spiro atoms. The molecule has 1 amide bonds. The van der Waals surface area contributed by atoms with Gasteiger partial charge < -0.3 is 11.5 Å². The van der Waals surface area contributed by atoms with Crippen LogP contribution in [0.1, 0.15) is 36.6 Å². The number of amides is 1. The summed E-state index contributed by atoms with van der Waals surface area (Å²) < 4.78 is 2.11. The number of carbonyl (C=O) groups excluding carboxylic acids is 1. The molecule has 90 valence electrons. The number of hydrogen-bond acceptors (Lipinski definition) is 3. The minimum absolute atomic E-state index is 0.0421. The summed E-state index contributed by atoms with van der Waals surface area (Å²) in [4.78, 5) is 11.7. The van der Waals surface area contributed by atoms with Gasteiger partial charge in [-0.3, -0.25) is 4.79 Å². The number of primary amides is 1. The van der Waals surface area contributed by atoms with Gasteiger partial charge in [0.05, 0.1) is 3.79 Å². The van der Waals surface area contributed by atoms with Crippen LogP contribution in [0.25, 0.3) is 0 Å². The van der Waals surface area contributed by atoms with Gasteiger partial charge in [0.1, 0.15) is 0 Å². The van der Waals surface area contributed by atoms with Crippen molar-refractivity contribution in [2.45, 2.75) is 31.7 Å². The Morgan fingerprint density at radius 1 is 1.44 bits per heavy atom. The van der Waals surface area contributed by atoms with Crippen molar-refractivity contribution in [1.29, 1.82) is 0 Å². The number of nitrogens with two attached hydrogens (primary N) is 2. The fraction of sp³-hybridized carbons (Fsp3) is 0.500. The van der Waals surface area contributed by atoms with Gasteiger partial charge in [-0.25, -0.2) is 0 Å². The molecule has 1 aromatic rings. The predicted octanol–water partition coefficient (Wildman–Crippen LogP) is 3.32. The lowest BCUT2D eigenvalue weighted by Gasteiger charge is -2.08. The maximum atomic E-state index is 10.5. The first-order valence-corrected chi connectivity index (χ1v) is 7.39. The fourth-order valence-corrected chi connectivity index (χ4v) is 3.48. The second-order valence-corrected chi connectivity index (χ2v) is 6.85. The molecule has 0 fully saturated rings. The lowest BCUT2D eigenvalue weighted by Crippen LogP contribution is -2.11. The van der Waals surface area contributed by atoms with Crippen LogP contribution in [0, 0.1) is 0 Å². The minimum Gasteiger partial charge on any atom is -0.370 e. The van der Waals surface area contributed by atoms with Gasteiger partial charge in [0, 0.05) is 21.8 Å². The van der Waals surface area contributed by atoms with E-state index in [0.29, 0.717) is 6.42 Å². The van der Waals surface area contributed by atoms with Gasteiger partial charge >= 0.3 is 0 Å². The average Bonchev–Trinajstić information content (AvgIpc) is 2.54. The third-order valence-electron chi connectivity index (χ3n) is 2.22. The summed E-state index contributed by atoms with van der Waals surface area (Å²) in [6.45, 7) is 0. The summed E-state index contributed by atoms with van der Waals surface area (Å²) in [6.07, 6.45) is 3.07. The second kappa shape index (κ2) is 6.74. The van der Waals surface area contributed by atoms with Crippen molar-refractivity contribution in [3.63, 3.8) is 0 Å². The van der Waals surface area contributed by atoms with E-state index in [4.69, 9.17) is 11.5 Å². The largest absolute Gasteiger partial charge is 0.370 e. The van der Waals surface area contributed by atoms with Gasteiger partial charge in [-0.05, 0) is 50.8 Å². The van der Waals surface area contributed by atoms with Gasteiger partial charge in [0.15, 0.2) is 0 Å². The first-order chi connectivity index (χ1) is 7.50. The van der Waals surface area contributed by atoms with Crippen LogP contribution >= 0.6 is 43.2 Å². The molecule has 0 aliphatic rings. The molecule has 1 heterocycles. The van der Waals surface area contributed by atoms with E-state index in [2.05, 4.69) is 31.9 Å². The zero-order valence-electron chi connectivity index (χ0n) is 8.71. The quantitative estimate of drug-likeness (QED) is 0.755. The van der Waals surface area contributed by atoms with Crippen LogP contribution in [0.4, 0.5) is 0 Å². The Bertz CT molecular complexity index is 348. The van der Waals surface area contributed by atoms with E-state index in [1.165, 1.54) is 0 Å². The third-order valence-corrected chi connectivity index (χ3v) is 5.61. The molecule has 0 aromatic carbocycles. The molecular formula is C10H14Br2N2OS. The molecule has 0 saturated carbocycles. The van der Waals surface area contributed by atoms with E-state index in [1.54, 1.807) is 11.3 Å². The molecule has 4 N–H and O–H groups in total. The number of rotatable bonds is 6. The molecule has 1 atom stereocenters. The van der Waals surface area contributed by atoms with Crippen molar-refractivity contribution in [1.82, 2.24) is 0 Å². The highest BCUT2D eigenvalue weighted by Gasteiger charge is 2.11. The summed E-state index contributed by atoms with van der Waals surface area (Å²) in [6, 6.07) is 2.08. The zero-order valence-corrected chi connectivity index (χ0v) is 12.7. The van der Waals surface area contributed by atoms with Gasteiger partial charge in [-0.2, -0.15) is 0 Å². The van der Waals surface area contributed by atoms with Crippen LogP contribution < -0.4 is 11.5 Å². The standard InChI is InChI=1S/C10H14Br2N2OS/c11-6-5-8(16-10(6)12)7(13)3-1-2-4-9(14)15/h5,7H,1-4,13H2,(H2,14,15). The van der Waals surface area contributed by atoms with E-state index >= 15 is 0 Å². The highest BCUT2D eigenvalue weighted by Crippen LogP contribution is 2.36. The molecule has 16 heavy (non-hydrogen) atoms. The number of carbonyl (C=O) groups is 1. The lowest BCUT2D eigenvalue weighted by atomic mass is 10.1. The van der Waals surface area contributed by atoms with Crippen molar-refractivity contribution in [3.8, 4) is 0 Å². The Labute approximate surface area is 116 Å². The second-order valence-electron chi connectivity index (χ2n) is 3.59. The molecule has 0 radical (unpaired) electrons. The van der Waals surface area contributed by atoms with Crippen molar-refractivity contribution in [3.05, 3.63) is 19.2 Å². The summed E-state index contributed by atoms with van der Waals surface area (Å²) in [5, 5.41) is 0. The van der Waals surface area contributed by atoms with Crippen LogP contribution in [0.2, 0.25) is 0 Å². The lowest BCUT2D eigenvalue weighted by molar-refractivity contribution is -0.118. The molecule has 3 nitrogen and oxygen atoms in total. The van der Waals surface area contributed by atoms with Crippen molar-refractivity contribution in [2.24, 2.45) is 11.5 Å². The summed E-state index contributed by atoms with van der Waals surface area (Å²) >= 11 is 8.51. The van der Waals surface area contributed by atoms with Crippen LogP contribution in [0.15, 0.2) is 14.3 Å². The Kier molecular flexibility index (Phi) is 5.96. The van der Waals surface area contributed by atoms with E-state index in [-0.39, 0.29) is 11.9 Å². The summed E-state index contributed by atoms with van der Waals surface area (Å²) in [7, 11) is 0. The Morgan fingerprint density at radius 2 is 2.12 bits per heavy atom. The molecule has 1 rings (SSSR count). The molecule has 1 aromatic heterocycles. The minimum atomic E-state index is -0.241. The number of halogens is 2. The maximum Gasteiger partial charge on any atom is 0.217 e. The number of hydrogen-bond donors (Lipinski definition) is 2. The summed E-state index contributed by atoms with van der Waals surface area (Å²) in [5.74, 6) is -0.241. The molecular weight excluding hydrogens is 356 g/mol. The SMILES string of the molecule is NC(=O)CCCCC(N)c1cc(Br)c(Br)s1. The first-order valence-electron chi connectivity index (χ1n) is 4.99. The van der Waals surface area contributed by atoms with Gasteiger partial charge in [0.25, 0.3) is 0 Å². The third kappa shape index (κ3) is 4.53. The van der Waals surface area contributed by atoms with E-state index in [0.717, 1.165) is 32.4 Å². The normalized spacial score (nSPS) is 12.7. The van der Waals surface area contributed by atoms with Crippen LogP contribution in [0.5, 0.6) is 0 Å². The molecule has 0 aliphatic heterocycles. The summed E-state index contributed by atoms with van der Waals surface area (Å²) in [5.41, 5.74) is 11.1. The Balaban J connectivity index is 2.35. The number of unbranched alkanes of at least 4 members (excludes halogenated alkanes) is 1. The monoisotopic (exact) mass is 368 g/mol. The topological polar surface area (TPSA) is 69.1 Å². The number of thiophene rings is 1. The highest BCUT2D eigenvalue weighted by molar-refractivity contribution is 9.13. The fourth-order valence-electron chi connectivity index (χ4n) is 1.35. The van der Waals surface area contributed by atoms with E-state index in [9.17, 15) is 4.79 Å². The molecule has 1 unspecified atom stereocenters. The van der Waals surface area contributed by atoms with Crippen LogP contribution in [-0.2, 0) is 4.79 Å². The predicted molar refractivity (Wildman–Crippen MR) is 74.3 cm³/mol. The zero-order chi connectivity index (χ0) is 12.1. The maximum absolute atomic E-state index is 10.5. The van der Waals surface area contributed by atoms with E-state index in [1.807, 2.05) is 6.07 Å². The molecule has 6 heteroatoms. The Hall–Kier alpha value is 0.0900. The molecule has 0 saturated heterocycles. The highest BCUT2D eigenvalue weighted by atomic mass is 79.9. The van der Waals surface area contributed by atoms with E-state index < -0.39 is 0 Å². The van der Waals surface area contributed by atoms with Gasteiger partial charge in [0.2, 0.25) is 5.91 Å². The van der Waals surface area contributed by atoms with Crippen molar-refractivity contribution >= 4 is 49.1 Å². The van der Waals surface area contributed by atoms with Crippen molar-refractivity contribution < 1.29 is 4.79 Å². The molecule has 0 bridgehead atoms. The molecule has 0 aliphatic carbocycles. The van der Waals surface area contributed by atoms with Gasteiger partial charge in [-0.15, -0.1) is 11.3 Å². The smallest absolute Gasteiger partial charge is 0.217 e. The first kappa shape index (κ1) is 14.2. The van der Waals surface area contributed by atoms with Crippen LogP contribution in [0.3, 0.4) is 0 Å².